The first-order valence-electron chi connectivity index (χ1n) is 12.2. The maximum atomic E-state index is 15.8. The lowest BCUT2D eigenvalue weighted by atomic mass is 9.80. The van der Waals surface area contributed by atoms with Crippen LogP contribution in [0.15, 0.2) is 30.5 Å². The summed E-state index contributed by atoms with van der Waals surface area (Å²) in [7, 11) is -3.66. The number of sulfonamides is 1. The van der Waals surface area contributed by atoms with Crippen LogP contribution in [-0.4, -0.2) is 53.2 Å². The molecule has 0 saturated carbocycles. The smallest absolute Gasteiger partial charge is 0.232 e. The lowest BCUT2D eigenvalue weighted by Crippen LogP contribution is -2.43. The number of thiazole rings is 1. The van der Waals surface area contributed by atoms with Crippen LogP contribution in [-0.2, 0) is 15.4 Å². The molecule has 3 heterocycles. The second kappa shape index (κ2) is 10.4. The van der Waals surface area contributed by atoms with Crippen molar-refractivity contribution in [1.82, 2.24) is 19.9 Å². The van der Waals surface area contributed by atoms with E-state index in [0.29, 0.717) is 28.7 Å². The van der Waals surface area contributed by atoms with Crippen LogP contribution in [0.2, 0.25) is 0 Å². The number of halogens is 1. The first kappa shape index (κ1) is 26.4. The third kappa shape index (κ3) is 5.52. The Labute approximate surface area is 216 Å². The minimum atomic E-state index is -3.66. The molecule has 1 saturated heterocycles. The highest BCUT2D eigenvalue weighted by molar-refractivity contribution is 7.92. The number of nitrogen functional groups attached to an aromatic ring is 1. The van der Waals surface area contributed by atoms with Crippen molar-refractivity contribution in [3.05, 3.63) is 41.3 Å². The number of anilines is 2. The van der Waals surface area contributed by atoms with Gasteiger partial charge >= 0.3 is 0 Å². The third-order valence-corrected chi connectivity index (χ3v) is 9.54. The molecule has 11 heteroatoms. The number of rotatable bonds is 8. The fraction of sp³-hybridized carbons (Fsp3) is 0.480. The minimum Gasteiger partial charge on any atom is -0.368 e. The number of nitrogens with one attached hydrogen (secondary N) is 1. The molecule has 1 aliphatic rings. The summed E-state index contributed by atoms with van der Waals surface area (Å²) in [5.74, 6) is -0.641. The molecule has 0 bridgehead atoms. The van der Waals surface area contributed by atoms with Gasteiger partial charge in [-0.25, -0.2) is 27.8 Å². The fourth-order valence-corrected chi connectivity index (χ4v) is 6.85. The van der Waals surface area contributed by atoms with Crippen molar-refractivity contribution in [2.24, 2.45) is 0 Å². The first-order valence-corrected chi connectivity index (χ1v) is 14.6. The molecule has 1 aliphatic heterocycles. The van der Waals surface area contributed by atoms with E-state index in [1.165, 1.54) is 17.4 Å². The summed E-state index contributed by atoms with van der Waals surface area (Å²) in [4.78, 5) is 16.5. The van der Waals surface area contributed by atoms with E-state index in [4.69, 9.17) is 10.7 Å². The van der Waals surface area contributed by atoms with Crippen LogP contribution < -0.4 is 10.5 Å². The second-order valence-electron chi connectivity index (χ2n) is 9.78. The molecule has 1 fully saturated rings. The number of piperidine rings is 1. The van der Waals surface area contributed by atoms with E-state index in [9.17, 15) is 8.42 Å². The summed E-state index contributed by atoms with van der Waals surface area (Å²) < 4.78 is 42.8. The van der Waals surface area contributed by atoms with Gasteiger partial charge in [-0.2, -0.15) is 0 Å². The van der Waals surface area contributed by atoms with Crippen LogP contribution in [0.1, 0.15) is 52.0 Å². The zero-order chi connectivity index (χ0) is 26.1. The molecule has 0 atom stereocenters. The Balaban J connectivity index is 1.81. The molecule has 3 aromatic rings. The highest BCUT2D eigenvalue weighted by Gasteiger charge is 2.36. The summed E-state index contributed by atoms with van der Waals surface area (Å²) in [5, 5.41) is 0.907. The molecule has 194 valence electrons. The number of nitrogens with zero attached hydrogens (tertiary/aromatic N) is 4. The van der Waals surface area contributed by atoms with Gasteiger partial charge in [0, 0.05) is 23.2 Å². The zero-order valence-corrected chi connectivity index (χ0v) is 22.7. The quantitative estimate of drug-likeness (QED) is 0.424. The molecule has 0 amide bonds. The van der Waals surface area contributed by atoms with Gasteiger partial charge in [-0.15, -0.1) is 11.3 Å². The normalized spacial score (nSPS) is 16.4. The molecule has 3 N–H and O–H groups in total. The average Bonchev–Trinajstić information content (AvgIpc) is 3.27. The monoisotopic (exact) mass is 532 g/mol. The molecule has 1 aromatic carbocycles. The fourth-order valence-electron chi connectivity index (χ4n) is 4.46. The Hall–Kier alpha value is -2.63. The number of benzene rings is 1. The summed E-state index contributed by atoms with van der Waals surface area (Å²) in [6.45, 7) is 10.3. The Kier molecular flexibility index (Phi) is 7.63. The highest BCUT2D eigenvalue weighted by atomic mass is 32.2. The van der Waals surface area contributed by atoms with E-state index >= 15 is 4.39 Å². The van der Waals surface area contributed by atoms with Gasteiger partial charge < -0.3 is 10.6 Å². The molecule has 2 aromatic heterocycles. The molecule has 8 nitrogen and oxygen atoms in total. The van der Waals surface area contributed by atoms with Gasteiger partial charge in [0.15, 0.2) is 5.82 Å². The topological polar surface area (TPSA) is 114 Å². The molecular weight excluding hydrogens is 499 g/mol. The van der Waals surface area contributed by atoms with Crippen molar-refractivity contribution >= 4 is 33.0 Å². The lowest BCUT2D eigenvalue weighted by Gasteiger charge is -2.40. The highest BCUT2D eigenvalue weighted by Crippen LogP contribution is 2.45. The van der Waals surface area contributed by atoms with Crippen LogP contribution in [0.4, 0.5) is 16.0 Å². The third-order valence-electron chi connectivity index (χ3n) is 6.67. The largest absolute Gasteiger partial charge is 0.368 e. The molecule has 36 heavy (non-hydrogen) atoms. The summed E-state index contributed by atoms with van der Waals surface area (Å²) in [6.07, 6.45) is 3.86. The Bertz CT molecular complexity index is 1330. The zero-order valence-electron chi connectivity index (χ0n) is 21.1. The predicted octanol–water partition coefficient (Wildman–Crippen LogP) is 4.90. The van der Waals surface area contributed by atoms with Crippen LogP contribution in [0, 0.1) is 5.82 Å². The standard InChI is InChI=1S/C25H33FN6O2S2/c1-5-15-36(33,34)31-18-8-6-7-17(20(18)26)21-22(19-9-12-28-24(27)29-19)35-23(30-21)25(4)10-13-32(14-11-25)16(2)3/h6-9,12,16,31H,5,10-11,13-15H2,1-4H3,(H2,27,28,29). The van der Waals surface area contributed by atoms with Crippen LogP contribution in [0.3, 0.4) is 0 Å². The Morgan fingerprint density at radius 1 is 1.22 bits per heavy atom. The molecule has 0 unspecified atom stereocenters. The van der Waals surface area contributed by atoms with E-state index in [2.05, 4.69) is 40.4 Å². The number of hydrogen-bond donors (Lipinski definition) is 2. The van der Waals surface area contributed by atoms with E-state index < -0.39 is 15.8 Å². The Morgan fingerprint density at radius 2 is 1.94 bits per heavy atom. The first-order chi connectivity index (χ1) is 17.0. The molecule has 4 rings (SSSR count). The van der Waals surface area contributed by atoms with Gasteiger partial charge in [0.1, 0.15) is 0 Å². The van der Waals surface area contributed by atoms with Crippen molar-refractivity contribution in [3.8, 4) is 21.8 Å². The molecule has 0 aliphatic carbocycles. The molecular formula is C25H33FN6O2S2. The van der Waals surface area contributed by atoms with Crippen LogP contribution >= 0.6 is 11.3 Å². The van der Waals surface area contributed by atoms with Gasteiger partial charge in [0.05, 0.1) is 32.7 Å². The number of nitrogens with two attached hydrogens (primary N) is 1. The molecule has 0 spiro atoms. The van der Waals surface area contributed by atoms with Crippen molar-refractivity contribution in [2.75, 3.05) is 29.3 Å². The van der Waals surface area contributed by atoms with Crippen molar-refractivity contribution in [1.29, 1.82) is 0 Å². The number of likely N-dealkylation sites (tertiary alicyclic amines) is 1. The average molecular weight is 533 g/mol. The van der Waals surface area contributed by atoms with Gasteiger partial charge in [-0.1, -0.05) is 19.9 Å². The van der Waals surface area contributed by atoms with E-state index in [0.717, 1.165) is 30.9 Å². The number of aromatic nitrogens is 3. The van der Waals surface area contributed by atoms with Crippen molar-refractivity contribution < 1.29 is 12.8 Å². The van der Waals surface area contributed by atoms with Crippen LogP contribution in [0.25, 0.3) is 21.8 Å². The van der Waals surface area contributed by atoms with E-state index in [1.807, 2.05) is 0 Å². The summed E-state index contributed by atoms with van der Waals surface area (Å²) in [5.41, 5.74) is 6.79. The number of hydrogen-bond acceptors (Lipinski definition) is 8. The van der Waals surface area contributed by atoms with Gasteiger partial charge in [0.2, 0.25) is 16.0 Å². The SMILES string of the molecule is CCCS(=O)(=O)Nc1cccc(-c2nc(C3(C)CCN(C(C)C)CC3)sc2-c2ccnc(N)n2)c1F. The lowest BCUT2D eigenvalue weighted by molar-refractivity contribution is 0.137. The van der Waals surface area contributed by atoms with Gasteiger partial charge in [-0.3, -0.25) is 4.72 Å². The van der Waals surface area contributed by atoms with Gasteiger partial charge in [-0.05, 0) is 64.4 Å². The van der Waals surface area contributed by atoms with Gasteiger partial charge in [0.25, 0.3) is 0 Å². The van der Waals surface area contributed by atoms with Crippen LogP contribution in [0.5, 0.6) is 0 Å². The predicted molar refractivity (Wildman–Crippen MR) is 144 cm³/mol. The second-order valence-corrected chi connectivity index (χ2v) is 12.6. The van der Waals surface area contributed by atoms with Crippen molar-refractivity contribution in [2.45, 2.75) is 58.4 Å². The van der Waals surface area contributed by atoms with Crippen molar-refractivity contribution in [3.63, 3.8) is 0 Å². The maximum absolute atomic E-state index is 15.8. The molecule has 0 radical (unpaired) electrons. The van der Waals surface area contributed by atoms with E-state index in [-0.39, 0.29) is 28.4 Å². The summed E-state index contributed by atoms with van der Waals surface area (Å²) in [6, 6.07) is 6.87. The van der Waals surface area contributed by atoms with E-state index in [1.54, 1.807) is 31.3 Å². The maximum Gasteiger partial charge on any atom is 0.232 e. The minimum absolute atomic E-state index is 0.0886. The Morgan fingerprint density at radius 3 is 2.58 bits per heavy atom. The summed E-state index contributed by atoms with van der Waals surface area (Å²) >= 11 is 1.49.